The number of amides is 1. The number of nitrogens with zero attached hydrogens (tertiary/aromatic N) is 5. The number of pyridine rings is 1. The van der Waals surface area contributed by atoms with Crippen LogP contribution in [0.15, 0.2) is 46.9 Å². The topological polar surface area (TPSA) is 102 Å². The van der Waals surface area contributed by atoms with Crippen molar-refractivity contribution >= 4 is 23.9 Å². The van der Waals surface area contributed by atoms with Gasteiger partial charge in [-0.25, -0.2) is 0 Å². The molecule has 2 aromatic heterocycles. The lowest BCUT2D eigenvalue weighted by atomic mass is 10.1. The number of halogens is 2. The van der Waals surface area contributed by atoms with Gasteiger partial charge in [0.05, 0.1) is 25.5 Å². The molecule has 0 saturated carbocycles. The maximum Gasteiger partial charge on any atom is 0.289 e. The lowest BCUT2D eigenvalue weighted by Gasteiger charge is -2.29. The smallest absolute Gasteiger partial charge is 0.289 e. The largest absolute Gasteiger partial charge is 0.475 e. The number of nitrogens with one attached hydrogen (secondary N) is 1. The highest BCUT2D eigenvalue weighted by Crippen LogP contribution is 2.31. The zero-order chi connectivity index (χ0) is 27.0. The summed E-state index contributed by atoms with van der Waals surface area (Å²) in [5.41, 5.74) is 2.52. The van der Waals surface area contributed by atoms with Crippen LogP contribution in [0.3, 0.4) is 0 Å². The SMILES string of the molecule is C=N/C(C)=C(\C=C(/C)NC(=O)c1ccnc(C(F)(F)CC)c1)c1cc(N2CCOCC2)c(OCC)nn1. The zero-order valence-electron chi connectivity index (χ0n) is 21.6. The molecule has 0 unspecified atom stereocenters. The van der Waals surface area contributed by atoms with Crippen molar-refractivity contribution in [1.29, 1.82) is 0 Å². The van der Waals surface area contributed by atoms with E-state index in [4.69, 9.17) is 9.47 Å². The fourth-order valence-electron chi connectivity index (χ4n) is 3.68. The first-order valence-corrected chi connectivity index (χ1v) is 12.0. The third-order valence-electron chi connectivity index (χ3n) is 5.79. The van der Waals surface area contributed by atoms with Gasteiger partial charge in [-0.2, -0.15) is 8.78 Å². The molecule has 3 heterocycles. The van der Waals surface area contributed by atoms with Gasteiger partial charge in [-0.15, -0.1) is 10.2 Å². The summed E-state index contributed by atoms with van der Waals surface area (Å²) in [6.45, 7) is 13.3. The number of rotatable bonds is 10. The van der Waals surface area contributed by atoms with E-state index in [-0.39, 0.29) is 5.56 Å². The average molecular weight is 515 g/mol. The second kappa shape index (κ2) is 12.5. The number of ether oxygens (including phenoxy) is 2. The number of morpholine rings is 1. The minimum Gasteiger partial charge on any atom is -0.475 e. The molecule has 0 aliphatic carbocycles. The van der Waals surface area contributed by atoms with E-state index in [0.717, 1.165) is 11.8 Å². The molecule has 1 N–H and O–H groups in total. The maximum absolute atomic E-state index is 14.1. The van der Waals surface area contributed by atoms with E-state index in [1.807, 2.05) is 13.0 Å². The molecule has 3 rings (SSSR count). The molecular weight excluding hydrogens is 482 g/mol. The Bertz CT molecular complexity index is 1190. The summed E-state index contributed by atoms with van der Waals surface area (Å²) in [5, 5.41) is 11.4. The molecule has 11 heteroatoms. The third-order valence-corrected chi connectivity index (χ3v) is 5.79. The number of carbonyl (C=O) groups excluding carboxylic acids is 1. The lowest BCUT2D eigenvalue weighted by Crippen LogP contribution is -2.36. The summed E-state index contributed by atoms with van der Waals surface area (Å²) in [4.78, 5) is 22.7. The van der Waals surface area contributed by atoms with Crippen LogP contribution in [-0.4, -0.2) is 60.7 Å². The average Bonchev–Trinajstić information content (AvgIpc) is 2.92. The highest BCUT2D eigenvalue weighted by molar-refractivity contribution is 5.95. The quantitative estimate of drug-likeness (QED) is 0.371. The van der Waals surface area contributed by atoms with Gasteiger partial charge >= 0.3 is 0 Å². The molecule has 0 radical (unpaired) electrons. The highest BCUT2D eigenvalue weighted by atomic mass is 19.3. The molecule has 1 amide bonds. The second-order valence-corrected chi connectivity index (χ2v) is 8.38. The van der Waals surface area contributed by atoms with E-state index in [9.17, 15) is 13.6 Å². The predicted octanol–water partition coefficient (Wildman–Crippen LogP) is 4.37. The Balaban J connectivity index is 1.92. The van der Waals surface area contributed by atoms with Gasteiger partial charge in [0.15, 0.2) is 0 Å². The first-order valence-electron chi connectivity index (χ1n) is 12.0. The van der Waals surface area contributed by atoms with Gasteiger partial charge < -0.3 is 19.7 Å². The predicted molar refractivity (Wildman–Crippen MR) is 138 cm³/mol. The maximum atomic E-state index is 14.1. The normalized spacial score (nSPS) is 15.2. The van der Waals surface area contributed by atoms with E-state index in [1.165, 1.54) is 19.2 Å². The molecule has 1 aliphatic heterocycles. The molecule has 0 spiro atoms. The Morgan fingerprint density at radius 2 is 2.00 bits per heavy atom. The molecule has 1 fully saturated rings. The molecule has 37 heavy (non-hydrogen) atoms. The fourth-order valence-corrected chi connectivity index (χ4v) is 3.68. The molecule has 2 aromatic rings. The van der Waals surface area contributed by atoms with Crippen LogP contribution >= 0.6 is 0 Å². The van der Waals surface area contributed by atoms with E-state index < -0.39 is 23.9 Å². The van der Waals surface area contributed by atoms with E-state index >= 15 is 0 Å². The van der Waals surface area contributed by atoms with Crippen LogP contribution in [0, 0.1) is 0 Å². The number of alkyl halides is 2. The van der Waals surface area contributed by atoms with Crippen molar-refractivity contribution in [3.8, 4) is 5.88 Å². The summed E-state index contributed by atoms with van der Waals surface area (Å²) in [6.07, 6.45) is 2.48. The number of aromatic nitrogens is 3. The number of carbonyl (C=O) groups is 1. The van der Waals surface area contributed by atoms with Crippen molar-refractivity contribution in [3.05, 3.63) is 58.8 Å². The molecular formula is C26H32F2N6O3. The molecule has 198 valence electrons. The van der Waals surface area contributed by atoms with Crippen LogP contribution in [0.2, 0.25) is 0 Å². The molecule has 0 atom stereocenters. The molecule has 0 aromatic carbocycles. The van der Waals surface area contributed by atoms with Gasteiger partial charge in [0.2, 0.25) is 0 Å². The van der Waals surface area contributed by atoms with Crippen molar-refractivity contribution in [2.45, 2.75) is 40.0 Å². The lowest BCUT2D eigenvalue weighted by molar-refractivity contribution is -0.0128. The van der Waals surface area contributed by atoms with Crippen molar-refractivity contribution in [2.24, 2.45) is 4.99 Å². The number of anilines is 1. The van der Waals surface area contributed by atoms with Gasteiger partial charge in [-0.3, -0.25) is 14.8 Å². The summed E-state index contributed by atoms with van der Waals surface area (Å²) in [5.74, 6) is -3.24. The summed E-state index contributed by atoms with van der Waals surface area (Å²) in [6, 6.07) is 4.35. The van der Waals surface area contributed by atoms with Crippen LogP contribution in [0.25, 0.3) is 5.57 Å². The number of hydrogen-bond acceptors (Lipinski definition) is 8. The van der Waals surface area contributed by atoms with E-state index in [0.29, 0.717) is 61.5 Å². The van der Waals surface area contributed by atoms with Crippen molar-refractivity contribution in [2.75, 3.05) is 37.8 Å². The van der Waals surface area contributed by atoms with Crippen molar-refractivity contribution in [3.63, 3.8) is 0 Å². The monoisotopic (exact) mass is 514 g/mol. The van der Waals surface area contributed by atoms with Crippen LogP contribution in [0.1, 0.15) is 55.9 Å². The van der Waals surface area contributed by atoms with Gasteiger partial charge in [0.1, 0.15) is 11.4 Å². The van der Waals surface area contributed by atoms with Crippen LogP contribution in [0.5, 0.6) is 5.88 Å². The zero-order valence-corrected chi connectivity index (χ0v) is 21.6. The summed E-state index contributed by atoms with van der Waals surface area (Å²) in [7, 11) is 0. The van der Waals surface area contributed by atoms with Gasteiger partial charge in [0, 0.05) is 48.2 Å². The van der Waals surface area contributed by atoms with Crippen LogP contribution in [0.4, 0.5) is 14.5 Å². The Hall–Kier alpha value is -3.73. The van der Waals surface area contributed by atoms with Crippen LogP contribution in [-0.2, 0) is 10.7 Å². The second-order valence-electron chi connectivity index (χ2n) is 8.38. The highest BCUT2D eigenvalue weighted by Gasteiger charge is 2.31. The van der Waals surface area contributed by atoms with Gasteiger partial charge in [-0.05, 0) is 51.8 Å². The van der Waals surface area contributed by atoms with Crippen molar-refractivity contribution < 1.29 is 23.0 Å². The van der Waals surface area contributed by atoms with E-state index in [2.05, 4.69) is 37.1 Å². The number of hydrogen-bond donors (Lipinski definition) is 1. The Kier molecular flexibility index (Phi) is 9.40. The van der Waals surface area contributed by atoms with Crippen molar-refractivity contribution in [1.82, 2.24) is 20.5 Å². The Morgan fingerprint density at radius 3 is 2.65 bits per heavy atom. The Morgan fingerprint density at radius 1 is 1.27 bits per heavy atom. The molecule has 1 saturated heterocycles. The van der Waals surface area contributed by atoms with Gasteiger partial charge in [-0.1, -0.05) is 6.92 Å². The minimum atomic E-state index is -3.12. The number of allylic oxidation sites excluding steroid dienone is 4. The minimum absolute atomic E-state index is 0.0745. The first kappa shape index (κ1) is 27.9. The fraction of sp³-hybridized carbons (Fsp3) is 0.423. The summed E-state index contributed by atoms with van der Waals surface area (Å²) >= 11 is 0. The third kappa shape index (κ3) is 6.94. The summed E-state index contributed by atoms with van der Waals surface area (Å²) < 4.78 is 39.3. The molecule has 9 nitrogen and oxygen atoms in total. The standard InChI is InChI=1S/C26H32F2N6O3/c1-6-26(27,28)23-15-19(8-9-30-23)24(35)31-17(3)14-20(18(4)29-5)21-16-22(25(33-32-21)37-7-2)34-10-12-36-13-11-34/h8-9,14-16H,5-7,10-13H2,1-4H3,(H,31,35)/b17-14+,20-18+. The number of aliphatic imine (C=N–C) groups is 1. The van der Waals surface area contributed by atoms with E-state index in [1.54, 1.807) is 19.9 Å². The van der Waals surface area contributed by atoms with Crippen LogP contribution < -0.4 is 15.0 Å². The molecule has 1 aliphatic rings. The Labute approximate surface area is 215 Å². The molecule has 0 bridgehead atoms. The first-order chi connectivity index (χ1) is 17.7. The van der Waals surface area contributed by atoms with Gasteiger partial charge in [0.25, 0.3) is 17.7 Å².